The lowest BCUT2D eigenvalue weighted by Crippen LogP contribution is -2.54. The van der Waals surface area contributed by atoms with Crippen LogP contribution in [0.15, 0.2) is 0 Å². The van der Waals surface area contributed by atoms with Crippen LogP contribution < -0.4 is 16.4 Å². The molecule has 5 N–H and O–H groups in total. The quantitative estimate of drug-likeness (QED) is 0.491. The van der Waals surface area contributed by atoms with E-state index < -0.39 is 30.0 Å². The first kappa shape index (κ1) is 18.6. The molecule has 0 saturated carbocycles. The van der Waals surface area contributed by atoms with Gasteiger partial charge in [-0.3, -0.25) is 4.79 Å². The van der Waals surface area contributed by atoms with Gasteiger partial charge >= 0.3 is 12.0 Å². The Bertz CT molecular complexity index is 352. The average Bonchev–Trinajstić information content (AvgIpc) is 2.38. The summed E-state index contributed by atoms with van der Waals surface area (Å²) in [7, 11) is 0. The van der Waals surface area contributed by atoms with E-state index in [1.165, 1.54) is 11.8 Å². The molecule has 0 heterocycles. The minimum Gasteiger partial charge on any atom is -0.480 e. The first-order chi connectivity index (χ1) is 9.33. The van der Waals surface area contributed by atoms with E-state index in [2.05, 4.69) is 10.6 Å². The van der Waals surface area contributed by atoms with Crippen LogP contribution in [0.2, 0.25) is 0 Å². The first-order valence-electron chi connectivity index (χ1n) is 6.41. The monoisotopic (exact) mass is 305 g/mol. The van der Waals surface area contributed by atoms with Crippen molar-refractivity contribution >= 4 is 29.7 Å². The summed E-state index contributed by atoms with van der Waals surface area (Å²) >= 11 is 1.52. The number of amides is 3. The number of urea groups is 1. The van der Waals surface area contributed by atoms with Crippen molar-refractivity contribution in [2.24, 2.45) is 11.7 Å². The number of carboxylic acid groups (broad SMARTS) is 1. The van der Waals surface area contributed by atoms with E-state index in [1.54, 1.807) is 6.92 Å². The predicted octanol–water partition coefficient (Wildman–Crippen LogP) is 0.392. The van der Waals surface area contributed by atoms with Gasteiger partial charge < -0.3 is 21.5 Å². The molecule has 2 unspecified atom stereocenters. The van der Waals surface area contributed by atoms with Crippen molar-refractivity contribution in [3.63, 3.8) is 0 Å². The van der Waals surface area contributed by atoms with Crippen molar-refractivity contribution in [1.29, 1.82) is 0 Å². The normalized spacial score (nSPS) is 14.9. The lowest BCUT2D eigenvalue weighted by atomic mass is 9.99. The fourth-order valence-corrected chi connectivity index (χ4v) is 2.08. The van der Waals surface area contributed by atoms with Gasteiger partial charge in [-0.1, -0.05) is 20.3 Å². The van der Waals surface area contributed by atoms with Crippen molar-refractivity contribution < 1.29 is 19.5 Å². The minimum atomic E-state index is -1.09. The average molecular weight is 305 g/mol. The molecule has 20 heavy (non-hydrogen) atoms. The summed E-state index contributed by atoms with van der Waals surface area (Å²) in [5.74, 6) is -1.16. The molecule has 3 amide bonds. The first-order valence-corrected chi connectivity index (χ1v) is 7.80. The highest BCUT2D eigenvalue weighted by Gasteiger charge is 2.28. The van der Waals surface area contributed by atoms with E-state index in [0.717, 1.165) is 0 Å². The second-order valence-corrected chi connectivity index (χ2v) is 5.54. The molecule has 0 aromatic rings. The van der Waals surface area contributed by atoms with Gasteiger partial charge in [0.25, 0.3) is 0 Å². The molecule has 0 aliphatic rings. The molecule has 8 heteroatoms. The smallest absolute Gasteiger partial charge is 0.326 e. The van der Waals surface area contributed by atoms with Gasteiger partial charge in [-0.05, 0) is 24.3 Å². The Hall–Kier alpha value is -1.44. The highest BCUT2D eigenvalue weighted by Crippen LogP contribution is 2.09. The molecule has 0 fully saturated rings. The van der Waals surface area contributed by atoms with Gasteiger partial charge in [-0.15, -0.1) is 0 Å². The van der Waals surface area contributed by atoms with E-state index in [1.807, 2.05) is 13.2 Å². The van der Waals surface area contributed by atoms with Crippen LogP contribution in [0, 0.1) is 5.92 Å². The largest absolute Gasteiger partial charge is 0.480 e. The fourth-order valence-electron chi connectivity index (χ4n) is 1.61. The fraction of sp³-hybridized carbons (Fsp3) is 0.750. The summed E-state index contributed by atoms with van der Waals surface area (Å²) in [6, 6.07) is -2.59. The van der Waals surface area contributed by atoms with Crippen LogP contribution in [-0.4, -0.2) is 47.1 Å². The lowest BCUT2D eigenvalue weighted by molar-refractivity contribution is -0.143. The molecular weight excluding hydrogens is 282 g/mol. The molecule has 0 aromatic heterocycles. The Kier molecular flexibility index (Phi) is 8.78. The minimum absolute atomic E-state index is 0.203. The second kappa shape index (κ2) is 9.46. The predicted molar refractivity (Wildman–Crippen MR) is 78.5 cm³/mol. The Labute approximate surface area is 123 Å². The van der Waals surface area contributed by atoms with E-state index in [4.69, 9.17) is 10.8 Å². The van der Waals surface area contributed by atoms with Gasteiger partial charge in [0.2, 0.25) is 5.91 Å². The van der Waals surface area contributed by atoms with Crippen molar-refractivity contribution in [2.45, 2.75) is 38.8 Å². The van der Waals surface area contributed by atoms with Gasteiger partial charge in [-0.25, -0.2) is 9.59 Å². The zero-order chi connectivity index (χ0) is 15.7. The summed E-state index contributed by atoms with van der Waals surface area (Å²) in [4.78, 5) is 34.1. The standard InChI is InChI=1S/C12H23N3O4S/c1-4-7(2)9(11(17)18)15-10(16)8(5-6-20-3)14-12(13)19/h7-9H,4-6H2,1-3H3,(H,15,16)(H,17,18)(H3,13,14,19)/t7?,8?,9-/m0/s1. The highest BCUT2D eigenvalue weighted by atomic mass is 32.2. The maximum atomic E-state index is 12.1. The molecule has 0 bridgehead atoms. The summed E-state index contributed by atoms with van der Waals surface area (Å²) < 4.78 is 0. The molecular formula is C12H23N3O4S. The number of carbonyl (C=O) groups excluding carboxylic acids is 2. The molecule has 0 aliphatic carbocycles. The van der Waals surface area contributed by atoms with E-state index in [-0.39, 0.29) is 5.92 Å². The maximum Gasteiger partial charge on any atom is 0.326 e. The lowest BCUT2D eigenvalue weighted by Gasteiger charge is -2.23. The number of primary amides is 1. The molecule has 0 rings (SSSR count). The van der Waals surface area contributed by atoms with Crippen LogP contribution in [0.3, 0.4) is 0 Å². The van der Waals surface area contributed by atoms with Crippen LogP contribution in [-0.2, 0) is 9.59 Å². The number of rotatable bonds is 9. The second-order valence-electron chi connectivity index (χ2n) is 4.55. The molecule has 0 saturated heterocycles. The topological polar surface area (TPSA) is 122 Å². The number of nitrogens with two attached hydrogens (primary N) is 1. The SMILES string of the molecule is CCC(C)[C@H](NC(=O)C(CCSC)NC(N)=O)C(=O)O. The van der Waals surface area contributed by atoms with Crippen LogP contribution in [0.4, 0.5) is 4.79 Å². The summed E-state index contributed by atoms with van der Waals surface area (Å²) in [6.45, 7) is 3.59. The number of hydrogen-bond acceptors (Lipinski definition) is 4. The van der Waals surface area contributed by atoms with Crippen molar-refractivity contribution in [1.82, 2.24) is 10.6 Å². The van der Waals surface area contributed by atoms with Gasteiger partial charge in [0.05, 0.1) is 0 Å². The maximum absolute atomic E-state index is 12.1. The number of carboxylic acids is 1. The summed E-state index contributed by atoms with van der Waals surface area (Å²) in [6.07, 6.45) is 2.89. The van der Waals surface area contributed by atoms with Crippen LogP contribution >= 0.6 is 11.8 Å². The zero-order valence-corrected chi connectivity index (χ0v) is 12.8. The summed E-state index contributed by atoms with van der Waals surface area (Å²) in [5, 5.41) is 13.9. The van der Waals surface area contributed by atoms with Crippen molar-refractivity contribution in [3.05, 3.63) is 0 Å². The number of hydrogen-bond donors (Lipinski definition) is 4. The number of nitrogens with one attached hydrogen (secondary N) is 2. The van der Waals surface area contributed by atoms with Gasteiger partial charge in [0, 0.05) is 0 Å². The van der Waals surface area contributed by atoms with Crippen molar-refractivity contribution in [2.75, 3.05) is 12.0 Å². The summed E-state index contributed by atoms with van der Waals surface area (Å²) in [5.41, 5.74) is 5.03. The molecule has 7 nitrogen and oxygen atoms in total. The third kappa shape index (κ3) is 6.65. The van der Waals surface area contributed by atoms with E-state index >= 15 is 0 Å². The Morgan fingerprint density at radius 2 is 1.90 bits per heavy atom. The number of aliphatic carboxylic acids is 1. The van der Waals surface area contributed by atoms with E-state index in [0.29, 0.717) is 18.6 Å². The van der Waals surface area contributed by atoms with Crippen LogP contribution in [0.5, 0.6) is 0 Å². The van der Waals surface area contributed by atoms with Crippen molar-refractivity contribution in [3.8, 4) is 0 Å². The zero-order valence-electron chi connectivity index (χ0n) is 12.0. The third-order valence-corrected chi connectivity index (χ3v) is 3.66. The van der Waals surface area contributed by atoms with Gasteiger partial charge in [-0.2, -0.15) is 11.8 Å². The third-order valence-electron chi connectivity index (χ3n) is 3.02. The molecule has 0 radical (unpaired) electrons. The van der Waals surface area contributed by atoms with Gasteiger partial charge in [0.15, 0.2) is 0 Å². The van der Waals surface area contributed by atoms with Crippen LogP contribution in [0.1, 0.15) is 26.7 Å². The highest BCUT2D eigenvalue weighted by molar-refractivity contribution is 7.98. The van der Waals surface area contributed by atoms with Gasteiger partial charge in [0.1, 0.15) is 12.1 Å². The molecule has 0 aromatic carbocycles. The number of carbonyl (C=O) groups is 3. The Morgan fingerprint density at radius 3 is 2.30 bits per heavy atom. The molecule has 116 valence electrons. The van der Waals surface area contributed by atoms with Crippen LogP contribution in [0.25, 0.3) is 0 Å². The Balaban J connectivity index is 4.77. The Morgan fingerprint density at radius 1 is 1.30 bits per heavy atom. The molecule has 3 atom stereocenters. The molecule has 0 aliphatic heterocycles. The number of thioether (sulfide) groups is 1. The van der Waals surface area contributed by atoms with E-state index in [9.17, 15) is 14.4 Å². The molecule has 0 spiro atoms.